The summed E-state index contributed by atoms with van der Waals surface area (Å²) < 4.78 is 5.24. The third kappa shape index (κ3) is 3.54. The van der Waals surface area contributed by atoms with Gasteiger partial charge in [0, 0.05) is 28.2 Å². The first-order chi connectivity index (χ1) is 11.6. The zero-order valence-electron chi connectivity index (χ0n) is 13.9. The van der Waals surface area contributed by atoms with Crippen LogP contribution in [0.25, 0.3) is 0 Å². The van der Waals surface area contributed by atoms with Crippen LogP contribution >= 0.6 is 11.8 Å². The van der Waals surface area contributed by atoms with Gasteiger partial charge in [0.2, 0.25) is 0 Å². The molecule has 0 unspecified atom stereocenters. The highest BCUT2D eigenvalue weighted by Crippen LogP contribution is 2.34. The smallest absolute Gasteiger partial charge is 0.308 e. The molecular weight excluding hydrogens is 320 g/mol. The molecule has 124 valence electrons. The first-order valence-electron chi connectivity index (χ1n) is 8.11. The van der Waals surface area contributed by atoms with Gasteiger partial charge in [-0.15, -0.1) is 11.8 Å². The maximum atomic E-state index is 12.7. The van der Waals surface area contributed by atoms with Gasteiger partial charge in [-0.05, 0) is 23.3 Å². The van der Waals surface area contributed by atoms with E-state index in [1.165, 1.54) is 0 Å². The van der Waals surface area contributed by atoms with Crippen LogP contribution in [0.4, 0.5) is 0 Å². The Balaban J connectivity index is 1.75. The van der Waals surface area contributed by atoms with Gasteiger partial charge in [-0.25, -0.2) is 0 Å². The monoisotopic (exact) mass is 340 g/mol. The lowest BCUT2D eigenvalue weighted by Crippen LogP contribution is -2.13. The maximum absolute atomic E-state index is 12.7. The number of ether oxygens (including phenoxy) is 1. The van der Waals surface area contributed by atoms with Crippen molar-refractivity contribution in [3.63, 3.8) is 0 Å². The average molecular weight is 340 g/mol. The van der Waals surface area contributed by atoms with E-state index in [1.807, 2.05) is 56.3 Å². The predicted molar refractivity (Wildman–Crippen MR) is 95.4 cm³/mol. The summed E-state index contributed by atoms with van der Waals surface area (Å²) in [5.74, 6) is 0.595. The van der Waals surface area contributed by atoms with E-state index in [1.54, 1.807) is 11.8 Å². The summed E-state index contributed by atoms with van der Waals surface area (Å²) >= 11 is 1.69. The SMILES string of the molecule is CC(C)C(=O)OCCc1ccc2c(c1)SCc1ccccc1C2=O. The Morgan fingerprint density at radius 2 is 1.96 bits per heavy atom. The minimum atomic E-state index is -0.176. The summed E-state index contributed by atoms with van der Waals surface area (Å²) in [4.78, 5) is 25.2. The zero-order chi connectivity index (χ0) is 17.1. The molecule has 1 aliphatic rings. The summed E-state index contributed by atoms with van der Waals surface area (Å²) in [6.07, 6.45) is 0.660. The second kappa shape index (κ2) is 7.22. The van der Waals surface area contributed by atoms with Gasteiger partial charge in [-0.1, -0.05) is 44.2 Å². The molecule has 2 aromatic rings. The molecule has 0 amide bonds. The molecule has 0 N–H and O–H groups in total. The number of esters is 1. The largest absolute Gasteiger partial charge is 0.465 e. The van der Waals surface area contributed by atoms with Crippen LogP contribution in [0.1, 0.15) is 40.9 Å². The third-order valence-electron chi connectivity index (χ3n) is 4.04. The minimum absolute atomic E-state index is 0.0865. The first-order valence-corrected chi connectivity index (χ1v) is 9.10. The lowest BCUT2D eigenvalue weighted by atomic mass is 9.98. The van der Waals surface area contributed by atoms with E-state index in [2.05, 4.69) is 0 Å². The van der Waals surface area contributed by atoms with Gasteiger partial charge in [0.05, 0.1) is 12.5 Å². The minimum Gasteiger partial charge on any atom is -0.465 e. The van der Waals surface area contributed by atoms with Gasteiger partial charge < -0.3 is 4.74 Å². The van der Waals surface area contributed by atoms with Crippen LogP contribution in [0.3, 0.4) is 0 Å². The number of thioether (sulfide) groups is 1. The molecule has 0 saturated carbocycles. The Morgan fingerprint density at radius 1 is 1.17 bits per heavy atom. The lowest BCUT2D eigenvalue weighted by molar-refractivity contribution is -0.147. The maximum Gasteiger partial charge on any atom is 0.308 e. The van der Waals surface area contributed by atoms with Crippen molar-refractivity contribution in [1.82, 2.24) is 0 Å². The number of benzene rings is 2. The molecular formula is C20H20O3S. The van der Waals surface area contributed by atoms with Gasteiger partial charge in [0.1, 0.15) is 0 Å². The Kier molecular flexibility index (Phi) is 5.05. The molecule has 1 aliphatic heterocycles. The van der Waals surface area contributed by atoms with Crippen LogP contribution in [0.15, 0.2) is 47.4 Å². The highest BCUT2D eigenvalue weighted by Gasteiger charge is 2.21. The fraction of sp³-hybridized carbons (Fsp3) is 0.300. The van der Waals surface area contributed by atoms with E-state index in [4.69, 9.17) is 4.74 Å². The number of carbonyl (C=O) groups excluding carboxylic acids is 2. The number of rotatable bonds is 4. The van der Waals surface area contributed by atoms with Crippen molar-refractivity contribution in [3.05, 3.63) is 64.7 Å². The number of fused-ring (bicyclic) bond motifs is 2. The molecule has 1 heterocycles. The summed E-state index contributed by atoms with van der Waals surface area (Å²) in [5.41, 5.74) is 3.71. The number of ketones is 1. The van der Waals surface area contributed by atoms with E-state index in [0.717, 1.165) is 32.9 Å². The molecule has 0 aromatic heterocycles. The van der Waals surface area contributed by atoms with Crippen LogP contribution < -0.4 is 0 Å². The first kappa shape index (κ1) is 16.8. The summed E-state index contributed by atoms with van der Waals surface area (Å²) in [5, 5.41) is 0. The van der Waals surface area contributed by atoms with Crippen LogP contribution in [0, 0.1) is 5.92 Å². The number of hydrogen-bond acceptors (Lipinski definition) is 4. The molecule has 0 radical (unpaired) electrons. The molecule has 0 fully saturated rings. The highest BCUT2D eigenvalue weighted by molar-refractivity contribution is 7.98. The van der Waals surface area contributed by atoms with E-state index < -0.39 is 0 Å². The molecule has 3 rings (SSSR count). The lowest BCUT2D eigenvalue weighted by Gasteiger charge is -2.09. The fourth-order valence-electron chi connectivity index (χ4n) is 2.63. The van der Waals surface area contributed by atoms with Crippen LogP contribution in [0.5, 0.6) is 0 Å². The predicted octanol–water partition coefficient (Wildman–Crippen LogP) is 4.27. The molecule has 0 spiro atoms. The van der Waals surface area contributed by atoms with Crippen LogP contribution in [0.2, 0.25) is 0 Å². The average Bonchev–Trinajstić information content (AvgIpc) is 2.72. The van der Waals surface area contributed by atoms with Crippen molar-refractivity contribution < 1.29 is 14.3 Å². The second-order valence-corrected chi connectivity index (χ2v) is 7.19. The van der Waals surface area contributed by atoms with Gasteiger partial charge in [-0.2, -0.15) is 0 Å². The Labute approximate surface area is 146 Å². The van der Waals surface area contributed by atoms with Crippen molar-refractivity contribution in [3.8, 4) is 0 Å². The number of carbonyl (C=O) groups is 2. The quantitative estimate of drug-likeness (QED) is 0.780. The van der Waals surface area contributed by atoms with Crippen LogP contribution in [-0.2, 0) is 21.7 Å². The molecule has 0 atom stereocenters. The molecule has 2 aromatic carbocycles. The number of hydrogen-bond donors (Lipinski definition) is 0. The normalized spacial score (nSPS) is 13.2. The Bertz CT molecular complexity index is 780. The summed E-state index contributed by atoms with van der Waals surface area (Å²) in [6, 6.07) is 13.7. The third-order valence-corrected chi connectivity index (χ3v) is 5.15. The van der Waals surface area contributed by atoms with E-state index >= 15 is 0 Å². The van der Waals surface area contributed by atoms with Crippen molar-refractivity contribution in [2.75, 3.05) is 6.61 Å². The highest BCUT2D eigenvalue weighted by atomic mass is 32.2. The van der Waals surface area contributed by atoms with Gasteiger partial charge in [-0.3, -0.25) is 9.59 Å². The van der Waals surface area contributed by atoms with Crippen molar-refractivity contribution in [2.45, 2.75) is 30.9 Å². The molecule has 0 bridgehead atoms. The second-order valence-electron chi connectivity index (χ2n) is 6.18. The molecule has 3 nitrogen and oxygen atoms in total. The molecule has 0 saturated heterocycles. The fourth-order valence-corrected chi connectivity index (χ4v) is 3.75. The standard InChI is InChI=1S/C20H20O3S/c1-13(2)20(22)23-10-9-14-7-8-17-18(11-14)24-12-15-5-3-4-6-16(15)19(17)21/h3-8,11,13H,9-10,12H2,1-2H3. The molecule has 0 aliphatic carbocycles. The topological polar surface area (TPSA) is 43.4 Å². The van der Waals surface area contributed by atoms with E-state index in [9.17, 15) is 9.59 Å². The van der Waals surface area contributed by atoms with E-state index in [0.29, 0.717) is 13.0 Å². The summed E-state index contributed by atoms with van der Waals surface area (Å²) in [6.45, 7) is 4.02. The van der Waals surface area contributed by atoms with Gasteiger partial charge in [0.25, 0.3) is 0 Å². The molecule has 24 heavy (non-hydrogen) atoms. The molecule has 4 heteroatoms. The van der Waals surface area contributed by atoms with Gasteiger partial charge in [0.15, 0.2) is 5.78 Å². The van der Waals surface area contributed by atoms with E-state index in [-0.39, 0.29) is 17.7 Å². The van der Waals surface area contributed by atoms with Crippen LogP contribution in [-0.4, -0.2) is 18.4 Å². The van der Waals surface area contributed by atoms with Gasteiger partial charge >= 0.3 is 5.97 Å². The Hall–Kier alpha value is -2.07. The van der Waals surface area contributed by atoms with Crippen molar-refractivity contribution in [1.29, 1.82) is 0 Å². The Morgan fingerprint density at radius 3 is 2.75 bits per heavy atom. The van der Waals surface area contributed by atoms with Crippen molar-refractivity contribution >= 4 is 23.5 Å². The van der Waals surface area contributed by atoms with Crippen molar-refractivity contribution in [2.24, 2.45) is 5.92 Å². The summed E-state index contributed by atoms with van der Waals surface area (Å²) in [7, 11) is 0. The zero-order valence-corrected chi connectivity index (χ0v) is 14.7.